The van der Waals surface area contributed by atoms with Gasteiger partial charge in [-0.2, -0.15) is 0 Å². The highest BCUT2D eigenvalue weighted by atomic mass is 19.1. The van der Waals surface area contributed by atoms with Crippen LogP contribution in [-0.4, -0.2) is 17.8 Å². The van der Waals surface area contributed by atoms with E-state index in [0.29, 0.717) is 18.1 Å². The van der Waals surface area contributed by atoms with Crippen LogP contribution < -0.4 is 10.5 Å². The van der Waals surface area contributed by atoms with Crippen LogP contribution in [0.4, 0.5) is 10.1 Å². The lowest BCUT2D eigenvalue weighted by Crippen LogP contribution is -2.03. The summed E-state index contributed by atoms with van der Waals surface area (Å²) < 4.78 is 18.9. The summed E-state index contributed by atoms with van der Waals surface area (Å²) in [5, 5.41) is 3.71. The van der Waals surface area contributed by atoms with Crippen LogP contribution >= 0.6 is 0 Å². The molecule has 5 nitrogen and oxygen atoms in total. The molecule has 0 aliphatic carbocycles. The van der Waals surface area contributed by atoms with Gasteiger partial charge in [0, 0.05) is 18.3 Å². The summed E-state index contributed by atoms with van der Waals surface area (Å²) in [5.41, 5.74) is 6.30. The van der Waals surface area contributed by atoms with E-state index in [0.717, 1.165) is 5.69 Å². The van der Waals surface area contributed by atoms with Crippen LogP contribution in [0.5, 0.6) is 11.5 Å². The normalized spacial score (nSPS) is 16.9. The Kier molecular flexibility index (Phi) is 3.20. The lowest BCUT2D eigenvalue weighted by atomic mass is 10.1. The third-order valence-electron chi connectivity index (χ3n) is 2.91. The predicted octanol–water partition coefficient (Wildman–Crippen LogP) is 2.69. The minimum Gasteiger partial charge on any atom is -0.457 e. The lowest BCUT2D eigenvalue weighted by Gasteiger charge is -2.09. The van der Waals surface area contributed by atoms with E-state index in [1.54, 1.807) is 30.6 Å². The maximum absolute atomic E-state index is 13.4. The van der Waals surface area contributed by atoms with Crippen molar-refractivity contribution in [3.63, 3.8) is 0 Å². The van der Waals surface area contributed by atoms with Crippen LogP contribution in [-0.2, 0) is 4.84 Å². The minimum absolute atomic E-state index is 0.0155. The number of pyridine rings is 1. The molecule has 0 saturated carbocycles. The summed E-state index contributed by atoms with van der Waals surface area (Å²) >= 11 is 0. The van der Waals surface area contributed by atoms with Gasteiger partial charge in [0.05, 0.1) is 23.5 Å². The van der Waals surface area contributed by atoms with E-state index in [-0.39, 0.29) is 11.6 Å². The molecule has 6 heteroatoms. The standard InChI is InChI=1S/C14H12FN3O2/c15-12-5-10(1-2-13(12)16)20-11-3-4-17-14(6-11)9-7-18-19-8-9/h1-7,9H,8,16H2. The maximum Gasteiger partial charge on any atom is 0.149 e. The van der Waals surface area contributed by atoms with Gasteiger partial charge in [0.2, 0.25) is 0 Å². The fourth-order valence-corrected chi connectivity index (χ4v) is 1.85. The SMILES string of the molecule is Nc1ccc(Oc2ccnc(C3C=NOC3)c2)cc1F. The largest absolute Gasteiger partial charge is 0.457 e. The Bertz CT molecular complexity index is 661. The Morgan fingerprint density at radius 1 is 1.25 bits per heavy atom. The second-order valence-electron chi connectivity index (χ2n) is 4.36. The molecular weight excluding hydrogens is 261 g/mol. The van der Waals surface area contributed by atoms with Crippen molar-refractivity contribution in [3.8, 4) is 11.5 Å². The van der Waals surface area contributed by atoms with Crippen molar-refractivity contribution in [2.24, 2.45) is 5.16 Å². The van der Waals surface area contributed by atoms with E-state index in [1.165, 1.54) is 12.1 Å². The third kappa shape index (κ3) is 2.54. The molecule has 0 spiro atoms. The first-order chi connectivity index (χ1) is 9.72. The lowest BCUT2D eigenvalue weighted by molar-refractivity contribution is 0.166. The average Bonchev–Trinajstić information content (AvgIpc) is 2.97. The van der Waals surface area contributed by atoms with Crippen LogP contribution in [0, 0.1) is 5.82 Å². The van der Waals surface area contributed by atoms with Gasteiger partial charge in [-0.15, -0.1) is 0 Å². The number of benzene rings is 1. The molecule has 2 N–H and O–H groups in total. The van der Waals surface area contributed by atoms with Gasteiger partial charge < -0.3 is 15.3 Å². The molecular formula is C14H12FN3O2. The van der Waals surface area contributed by atoms with Gasteiger partial charge in [-0.3, -0.25) is 4.98 Å². The Morgan fingerprint density at radius 2 is 2.10 bits per heavy atom. The van der Waals surface area contributed by atoms with E-state index in [2.05, 4.69) is 10.1 Å². The molecule has 0 radical (unpaired) electrons. The first-order valence-electron chi connectivity index (χ1n) is 6.06. The zero-order valence-corrected chi connectivity index (χ0v) is 10.5. The van der Waals surface area contributed by atoms with Crippen molar-refractivity contribution in [1.29, 1.82) is 0 Å². The summed E-state index contributed by atoms with van der Waals surface area (Å²) in [5.74, 6) is 0.458. The number of nitrogen functional groups attached to an aromatic ring is 1. The van der Waals surface area contributed by atoms with Gasteiger partial charge in [0.1, 0.15) is 23.9 Å². The number of hydrogen-bond acceptors (Lipinski definition) is 5. The molecule has 102 valence electrons. The molecule has 1 aromatic heterocycles. The molecule has 20 heavy (non-hydrogen) atoms. The fraction of sp³-hybridized carbons (Fsp3) is 0.143. The quantitative estimate of drug-likeness (QED) is 0.873. The van der Waals surface area contributed by atoms with Gasteiger partial charge in [0.25, 0.3) is 0 Å². The summed E-state index contributed by atoms with van der Waals surface area (Å²) in [7, 11) is 0. The molecule has 0 fully saturated rings. The number of rotatable bonds is 3. The van der Waals surface area contributed by atoms with E-state index >= 15 is 0 Å². The topological polar surface area (TPSA) is 69.7 Å². The Morgan fingerprint density at radius 3 is 2.85 bits per heavy atom. The Balaban J connectivity index is 1.81. The minimum atomic E-state index is -0.506. The highest BCUT2D eigenvalue weighted by Crippen LogP contribution is 2.26. The smallest absolute Gasteiger partial charge is 0.149 e. The molecule has 1 aromatic carbocycles. The van der Waals surface area contributed by atoms with Crippen molar-refractivity contribution in [3.05, 3.63) is 48.0 Å². The molecule has 2 heterocycles. The average molecular weight is 273 g/mol. The summed E-state index contributed by atoms with van der Waals surface area (Å²) in [4.78, 5) is 9.17. The van der Waals surface area contributed by atoms with E-state index in [9.17, 15) is 4.39 Å². The molecule has 1 atom stereocenters. The molecule has 1 aliphatic heterocycles. The number of aromatic nitrogens is 1. The van der Waals surface area contributed by atoms with Gasteiger partial charge >= 0.3 is 0 Å². The number of oxime groups is 1. The van der Waals surface area contributed by atoms with E-state index < -0.39 is 5.82 Å². The first kappa shape index (κ1) is 12.4. The van der Waals surface area contributed by atoms with Crippen LogP contribution in [0.1, 0.15) is 11.6 Å². The molecule has 0 bridgehead atoms. The number of nitrogens with two attached hydrogens (primary N) is 1. The molecule has 2 aromatic rings. The zero-order chi connectivity index (χ0) is 13.9. The Hall–Kier alpha value is -2.63. The van der Waals surface area contributed by atoms with Crippen molar-refractivity contribution in [2.45, 2.75) is 5.92 Å². The molecule has 1 unspecified atom stereocenters. The second kappa shape index (κ2) is 5.16. The van der Waals surface area contributed by atoms with Crippen molar-refractivity contribution >= 4 is 11.9 Å². The molecule has 0 saturated heterocycles. The molecule has 1 aliphatic rings. The monoisotopic (exact) mass is 273 g/mol. The number of halogens is 1. The molecule has 0 amide bonds. The van der Waals surface area contributed by atoms with Crippen molar-refractivity contribution in [2.75, 3.05) is 12.3 Å². The fourth-order valence-electron chi connectivity index (χ4n) is 1.85. The van der Waals surface area contributed by atoms with Crippen LogP contribution in [0.15, 0.2) is 41.7 Å². The highest BCUT2D eigenvalue weighted by Gasteiger charge is 2.17. The summed E-state index contributed by atoms with van der Waals surface area (Å²) in [6.45, 7) is 0.465. The summed E-state index contributed by atoms with van der Waals surface area (Å²) in [6, 6.07) is 7.79. The number of ether oxygens (including phenoxy) is 1. The van der Waals surface area contributed by atoms with Crippen molar-refractivity contribution in [1.82, 2.24) is 4.98 Å². The third-order valence-corrected chi connectivity index (χ3v) is 2.91. The Labute approximate surface area is 114 Å². The van der Waals surface area contributed by atoms with Gasteiger partial charge in [-0.1, -0.05) is 5.16 Å². The highest BCUT2D eigenvalue weighted by molar-refractivity contribution is 5.68. The predicted molar refractivity (Wildman–Crippen MR) is 72.3 cm³/mol. The van der Waals surface area contributed by atoms with Gasteiger partial charge in [-0.05, 0) is 18.2 Å². The second-order valence-corrected chi connectivity index (χ2v) is 4.36. The van der Waals surface area contributed by atoms with Crippen LogP contribution in [0.25, 0.3) is 0 Å². The maximum atomic E-state index is 13.4. The number of anilines is 1. The van der Waals surface area contributed by atoms with E-state index in [1.807, 2.05) is 0 Å². The van der Waals surface area contributed by atoms with Gasteiger partial charge in [0.15, 0.2) is 0 Å². The van der Waals surface area contributed by atoms with Crippen molar-refractivity contribution < 1.29 is 14.0 Å². The van der Waals surface area contributed by atoms with Crippen LogP contribution in [0.3, 0.4) is 0 Å². The van der Waals surface area contributed by atoms with Gasteiger partial charge in [-0.25, -0.2) is 4.39 Å². The summed E-state index contributed by atoms with van der Waals surface area (Å²) in [6.07, 6.45) is 3.32. The zero-order valence-electron chi connectivity index (χ0n) is 10.5. The number of hydrogen-bond donors (Lipinski definition) is 1. The van der Waals surface area contributed by atoms with Crippen LogP contribution in [0.2, 0.25) is 0 Å². The molecule has 3 rings (SSSR count). The number of nitrogens with zero attached hydrogens (tertiary/aromatic N) is 2. The van der Waals surface area contributed by atoms with E-state index in [4.69, 9.17) is 15.3 Å². The first-order valence-corrected chi connectivity index (χ1v) is 6.06.